The number of hydrogen-bond acceptors (Lipinski definition) is 7. The van der Waals surface area contributed by atoms with Gasteiger partial charge in [-0.05, 0) is 60.7 Å². The number of halogens is 2. The first-order valence-corrected chi connectivity index (χ1v) is 15.0. The molecule has 1 aliphatic rings. The van der Waals surface area contributed by atoms with Crippen LogP contribution in [-0.4, -0.2) is 50.3 Å². The van der Waals surface area contributed by atoms with Gasteiger partial charge in [0.2, 0.25) is 0 Å². The Morgan fingerprint density at radius 3 is 2.29 bits per heavy atom. The molecule has 1 N–H and O–H groups in total. The van der Waals surface area contributed by atoms with Crippen molar-refractivity contribution in [2.75, 3.05) is 35.8 Å². The highest BCUT2D eigenvalue weighted by Crippen LogP contribution is 2.31. The van der Waals surface area contributed by atoms with Crippen LogP contribution >= 0.6 is 23.2 Å². The number of para-hydroxylation sites is 1. The van der Waals surface area contributed by atoms with E-state index >= 15 is 0 Å². The molecule has 5 rings (SSSR count). The minimum atomic E-state index is -4.08. The van der Waals surface area contributed by atoms with Gasteiger partial charge in [0.05, 0.1) is 26.1 Å². The number of benzene rings is 4. The Balaban J connectivity index is 1.29. The van der Waals surface area contributed by atoms with Crippen LogP contribution in [0.1, 0.15) is 10.4 Å². The number of nitro groups is 1. The molecule has 0 aliphatic carbocycles. The van der Waals surface area contributed by atoms with Crippen molar-refractivity contribution in [1.29, 1.82) is 0 Å². The second-order valence-electron chi connectivity index (χ2n) is 9.36. The van der Waals surface area contributed by atoms with Gasteiger partial charge >= 0.3 is 0 Å². The standard InChI is InChI=1S/C29H24Cl2N4O6S/c30-20-8-13-27(32-42(39,40)24-11-9-23(10-12-24)41-28-7-2-1-6-26(28)31)25(18-20)29(36)34-16-14-33(15-17-34)21-4-3-5-22(19-21)35(37)38/h1-13,18-19,32H,14-17H2. The summed E-state index contributed by atoms with van der Waals surface area (Å²) in [6.45, 7) is 1.54. The fourth-order valence-corrected chi connectivity index (χ4v) is 5.89. The summed E-state index contributed by atoms with van der Waals surface area (Å²) < 4.78 is 34.7. The number of amides is 1. The van der Waals surface area contributed by atoms with Gasteiger partial charge in [0.15, 0.2) is 0 Å². The first-order chi connectivity index (χ1) is 20.1. The molecule has 0 radical (unpaired) electrons. The minimum absolute atomic E-state index is 0.00961. The molecule has 0 saturated carbocycles. The summed E-state index contributed by atoms with van der Waals surface area (Å²) >= 11 is 12.3. The van der Waals surface area contributed by atoms with E-state index < -0.39 is 20.9 Å². The lowest BCUT2D eigenvalue weighted by atomic mass is 10.1. The van der Waals surface area contributed by atoms with E-state index in [0.29, 0.717) is 48.4 Å². The second-order valence-corrected chi connectivity index (χ2v) is 11.9. The number of carbonyl (C=O) groups excluding carboxylic acids is 1. The van der Waals surface area contributed by atoms with Crippen LogP contribution in [-0.2, 0) is 10.0 Å². The molecule has 1 amide bonds. The Morgan fingerprint density at radius 2 is 1.60 bits per heavy atom. The number of piperazine rings is 1. The lowest BCUT2D eigenvalue weighted by Gasteiger charge is -2.36. The number of carbonyl (C=O) groups is 1. The maximum absolute atomic E-state index is 13.5. The van der Waals surface area contributed by atoms with Gasteiger partial charge in [0.25, 0.3) is 21.6 Å². The van der Waals surface area contributed by atoms with Crippen LogP contribution in [0.3, 0.4) is 0 Å². The zero-order valence-electron chi connectivity index (χ0n) is 21.9. The van der Waals surface area contributed by atoms with Crippen molar-refractivity contribution < 1.29 is 22.9 Å². The summed E-state index contributed by atoms with van der Waals surface area (Å²) in [6.07, 6.45) is 0. The molecule has 1 saturated heterocycles. The van der Waals surface area contributed by atoms with E-state index in [0.717, 1.165) is 0 Å². The second kappa shape index (κ2) is 12.3. The van der Waals surface area contributed by atoms with Crippen molar-refractivity contribution in [3.8, 4) is 11.5 Å². The SMILES string of the molecule is O=C(c1cc(Cl)ccc1NS(=O)(=O)c1ccc(Oc2ccccc2Cl)cc1)N1CCN(c2cccc([N+](=O)[O-])c2)CC1. The number of sulfonamides is 1. The lowest BCUT2D eigenvalue weighted by molar-refractivity contribution is -0.384. The predicted molar refractivity (Wildman–Crippen MR) is 161 cm³/mol. The van der Waals surface area contributed by atoms with Gasteiger partial charge in [0, 0.05) is 49.0 Å². The third-order valence-electron chi connectivity index (χ3n) is 6.63. The summed E-state index contributed by atoms with van der Waals surface area (Å²) in [6, 6.07) is 23.4. The van der Waals surface area contributed by atoms with Crippen LogP contribution in [0.4, 0.5) is 17.1 Å². The average molecular weight is 628 g/mol. The Hall–Kier alpha value is -4.32. The van der Waals surface area contributed by atoms with Gasteiger partial charge in [-0.15, -0.1) is 0 Å². The van der Waals surface area contributed by atoms with Crippen molar-refractivity contribution in [3.05, 3.63) is 117 Å². The fourth-order valence-electron chi connectivity index (χ4n) is 4.47. The highest BCUT2D eigenvalue weighted by atomic mass is 35.5. The van der Waals surface area contributed by atoms with E-state index in [1.54, 1.807) is 41.3 Å². The van der Waals surface area contributed by atoms with Crippen LogP contribution in [0.25, 0.3) is 0 Å². The molecule has 42 heavy (non-hydrogen) atoms. The summed E-state index contributed by atoms with van der Waals surface area (Å²) in [5.41, 5.74) is 0.871. The third kappa shape index (κ3) is 6.59. The smallest absolute Gasteiger partial charge is 0.271 e. The number of nitrogens with one attached hydrogen (secondary N) is 1. The highest BCUT2D eigenvalue weighted by molar-refractivity contribution is 7.92. The Morgan fingerprint density at radius 1 is 0.881 bits per heavy atom. The van der Waals surface area contributed by atoms with Crippen LogP contribution < -0.4 is 14.4 Å². The van der Waals surface area contributed by atoms with Crippen molar-refractivity contribution in [3.63, 3.8) is 0 Å². The molecule has 0 spiro atoms. The third-order valence-corrected chi connectivity index (χ3v) is 8.56. The Labute approximate surface area is 252 Å². The molecule has 0 bridgehead atoms. The van der Waals surface area contributed by atoms with Crippen molar-refractivity contribution >= 4 is 56.2 Å². The normalized spacial score (nSPS) is 13.5. The predicted octanol–water partition coefficient (Wildman–Crippen LogP) is 6.46. The summed E-state index contributed by atoms with van der Waals surface area (Å²) in [5.74, 6) is 0.439. The molecule has 10 nitrogen and oxygen atoms in total. The monoisotopic (exact) mass is 626 g/mol. The number of hydrogen-bond donors (Lipinski definition) is 1. The number of ether oxygens (including phenoxy) is 1. The molecular weight excluding hydrogens is 603 g/mol. The zero-order chi connectivity index (χ0) is 29.9. The molecular formula is C29H24Cl2N4O6S. The topological polar surface area (TPSA) is 122 Å². The van der Waals surface area contributed by atoms with Gasteiger partial charge < -0.3 is 14.5 Å². The number of non-ortho nitro benzene ring substituents is 1. The molecule has 1 fully saturated rings. The van der Waals surface area contributed by atoms with Gasteiger partial charge in [-0.2, -0.15) is 0 Å². The number of nitrogens with zero attached hydrogens (tertiary/aromatic N) is 3. The van der Waals surface area contributed by atoms with E-state index in [-0.39, 0.29) is 26.9 Å². The van der Waals surface area contributed by atoms with Gasteiger partial charge in [-0.25, -0.2) is 8.42 Å². The number of rotatable bonds is 8. The number of anilines is 2. The van der Waals surface area contributed by atoms with Crippen LogP contribution in [0, 0.1) is 10.1 Å². The first kappa shape index (κ1) is 29.2. The van der Waals surface area contributed by atoms with E-state index in [4.69, 9.17) is 27.9 Å². The quantitative estimate of drug-likeness (QED) is 0.176. The van der Waals surface area contributed by atoms with Crippen molar-refractivity contribution in [1.82, 2.24) is 4.90 Å². The molecule has 0 aromatic heterocycles. The fraction of sp³-hybridized carbons (Fsp3) is 0.138. The van der Waals surface area contributed by atoms with Crippen molar-refractivity contribution in [2.24, 2.45) is 0 Å². The summed E-state index contributed by atoms with van der Waals surface area (Å²) in [4.78, 5) is 27.7. The summed E-state index contributed by atoms with van der Waals surface area (Å²) in [7, 11) is -4.08. The van der Waals surface area contributed by atoms with Crippen LogP contribution in [0.15, 0.2) is 95.9 Å². The van der Waals surface area contributed by atoms with Crippen LogP contribution in [0.2, 0.25) is 10.0 Å². The first-order valence-electron chi connectivity index (χ1n) is 12.7. The van der Waals surface area contributed by atoms with E-state index in [1.807, 2.05) is 4.90 Å². The highest BCUT2D eigenvalue weighted by Gasteiger charge is 2.26. The molecule has 13 heteroatoms. The maximum atomic E-state index is 13.5. The maximum Gasteiger partial charge on any atom is 0.271 e. The van der Waals surface area contributed by atoms with Gasteiger partial charge in [0.1, 0.15) is 11.5 Å². The average Bonchev–Trinajstić information content (AvgIpc) is 2.99. The summed E-state index contributed by atoms with van der Waals surface area (Å²) in [5, 5.41) is 11.8. The van der Waals surface area contributed by atoms with E-state index in [1.165, 1.54) is 54.6 Å². The molecule has 4 aromatic rings. The Kier molecular flexibility index (Phi) is 8.53. The van der Waals surface area contributed by atoms with Gasteiger partial charge in [-0.1, -0.05) is 41.4 Å². The Bertz CT molecular complexity index is 1740. The van der Waals surface area contributed by atoms with Crippen molar-refractivity contribution in [2.45, 2.75) is 4.90 Å². The molecule has 4 aromatic carbocycles. The molecule has 1 heterocycles. The molecule has 0 unspecified atom stereocenters. The van der Waals surface area contributed by atoms with E-state index in [2.05, 4.69) is 4.72 Å². The minimum Gasteiger partial charge on any atom is -0.456 e. The molecule has 0 atom stereocenters. The number of nitro benzene ring substituents is 1. The van der Waals surface area contributed by atoms with Gasteiger partial charge in [-0.3, -0.25) is 19.6 Å². The zero-order valence-corrected chi connectivity index (χ0v) is 24.3. The van der Waals surface area contributed by atoms with E-state index in [9.17, 15) is 23.3 Å². The lowest BCUT2D eigenvalue weighted by Crippen LogP contribution is -2.49. The van der Waals surface area contributed by atoms with Crippen LogP contribution in [0.5, 0.6) is 11.5 Å². The molecule has 1 aliphatic heterocycles. The largest absolute Gasteiger partial charge is 0.456 e. The molecule has 216 valence electrons.